The number of nitrogens with zero attached hydrogens (tertiary/aromatic N) is 1. The molecular weight excluding hydrogens is 245 g/mol. The van der Waals surface area contributed by atoms with Crippen molar-refractivity contribution in [1.82, 2.24) is 5.43 Å². The molecule has 3 N–H and O–H groups in total. The van der Waals surface area contributed by atoms with Crippen molar-refractivity contribution in [2.24, 2.45) is 5.84 Å². The molecule has 0 radical (unpaired) electrons. The fraction of sp³-hybridized carbons (Fsp3) is 0.500. The number of fused-ring (bicyclic) bond motifs is 1. The molecule has 0 saturated carbocycles. The molecule has 1 aliphatic heterocycles. The first-order valence-corrected chi connectivity index (χ1v) is 6.73. The van der Waals surface area contributed by atoms with Gasteiger partial charge >= 0.3 is 0 Å². The van der Waals surface area contributed by atoms with Crippen molar-refractivity contribution >= 4 is 11.6 Å². The van der Waals surface area contributed by atoms with Gasteiger partial charge in [0.25, 0.3) is 0 Å². The molecule has 5 heteroatoms. The molecule has 1 amide bonds. The lowest BCUT2D eigenvalue weighted by molar-refractivity contribution is -0.121. The number of unbranched alkanes of at least 4 members (excludes halogenated alkanes) is 2. The first kappa shape index (κ1) is 13.8. The monoisotopic (exact) mass is 265 g/mol. The maximum absolute atomic E-state index is 13.2. The van der Waals surface area contributed by atoms with Gasteiger partial charge in [0.2, 0.25) is 5.91 Å². The second kappa shape index (κ2) is 6.52. The Morgan fingerprint density at radius 3 is 3.00 bits per heavy atom. The number of nitrogens with one attached hydrogen (secondary N) is 1. The van der Waals surface area contributed by atoms with Gasteiger partial charge in [-0.3, -0.25) is 10.2 Å². The van der Waals surface area contributed by atoms with E-state index in [1.165, 1.54) is 11.6 Å². The molecule has 4 nitrogen and oxygen atoms in total. The number of carbonyl (C=O) groups is 1. The topological polar surface area (TPSA) is 58.4 Å². The average Bonchev–Trinajstić information content (AvgIpc) is 2.80. The van der Waals surface area contributed by atoms with Crippen molar-refractivity contribution in [3.05, 3.63) is 29.6 Å². The zero-order valence-electron chi connectivity index (χ0n) is 11.0. The number of rotatable bonds is 6. The zero-order chi connectivity index (χ0) is 13.7. The van der Waals surface area contributed by atoms with Crippen LogP contribution in [0.5, 0.6) is 0 Å². The summed E-state index contributed by atoms with van der Waals surface area (Å²) in [5, 5.41) is 0. The molecule has 0 bridgehead atoms. The molecule has 0 unspecified atom stereocenters. The Bertz CT molecular complexity index is 450. The van der Waals surface area contributed by atoms with Gasteiger partial charge in [0.15, 0.2) is 0 Å². The normalized spacial score (nSPS) is 13.5. The molecular formula is C14H20FN3O. The minimum atomic E-state index is -0.176. The molecule has 2 rings (SSSR count). The van der Waals surface area contributed by atoms with Gasteiger partial charge in [-0.2, -0.15) is 0 Å². The highest BCUT2D eigenvalue weighted by Gasteiger charge is 2.18. The van der Waals surface area contributed by atoms with Crippen molar-refractivity contribution in [3.63, 3.8) is 0 Å². The largest absolute Gasteiger partial charge is 0.371 e. The van der Waals surface area contributed by atoms with E-state index in [0.717, 1.165) is 44.5 Å². The number of carbonyl (C=O) groups excluding carboxylic acids is 1. The van der Waals surface area contributed by atoms with E-state index in [-0.39, 0.29) is 11.7 Å². The van der Waals surface area contributed by atoms with E-state index in [4.69, 9.17) is 5.84 Å². The minimum Gasteiger partial charge on any atom is -0.371 e. The zero-order valence-corrected chi connectivity index (χ0v) is 11.0. The molecule has 0 fully saturated rings. The third kappa shape index (κ3) is 3.67. The molecule has 0 aromatic heterocycles. The van der Waals surface area contributed by atoms with Gasteiger partial charge in [0.05, 0.1) is 0 Å². The Hall–Kier alpha value is -1.62. The number of benzene rings is 1. The smallest absolute Gasteiger partial charge is 0.233 e. The Labute approximate surface area is 112 Å². The summed E-state index contributed by atoms with van der Waals surface area (Å²) in [4.78, 5) is 13.2. The van der Waals surface area contributed by atoms with Crippen LogP contribution in [-0.2, 0) is 11.2 Å². The Morgan fingerprint density at radius 1 is 1.37 bits per heavy atom. The summed E-state index contributed by atoms with van der Waals surface area (Å²) in [5.41, 5.74) is 4.38. The van der Waals surface area contributed by atoms with Crippen LogP contribution in [-0.4, -0.2) is 19.0 Å². The molecule has 19 heavy (non-hydrogen) atoms. The van der Waals surface area contributed by atoms with Crippen LogP contribution in [0.3, 0.4) is 0 Å². The first-order valence-electron chi connectivity index (χ1n) is 6.73. The summed E-state index contributed by atoms with van der Waals surface area (Å²) >= 11 is 0. The van der Waals surface area contributed by atoms with Gasteiger partial charge in [-0.1, -0.05) is 12.5 Å². The summed E-state index contributed by atoms with van der Waals surface area (Å²) in [7, 11) is 0. The van der Waals surface area contributed by atoms with Crippen LogP contribution in [0.25, 0.3) is 0 Å². The number of halogens is 1. The predicted molar refractivity (Wildman–Crippen MR) is 73.1 cm³/mol. The average molecular weight is 265 g/mol. The summed E-state index contributed by atoms with van der Waals surface area (Å²) in [6, 6.07) is 5.01. The molecule has 1 aromatic carbocycles. The molecule has 1 aliphatic rings. The summed E-state index contributed by atoms with van der Waals surface area (Å²) in [6.07, 6.45) is 4.29. The molecule has 0 aliphatic carbocycles. The molecule has 0 saturated heterocycles. The first-order chi connectivity index (χ1) is 9.20. The van der Waals surface area contributed by atoms with Crippen molar-refractivity contribution < 1.29 is 9.18 Å². The van der Waals surface area contributed by atoms with E-state index < -0.39 is 0 Å². The summed E-state index contributed by atoms with van der Waals surface area (Å²) in [5.74, 6) is 4.72. The fourth-order valence-corrected chi connectivity index (χ4v) is 2.49. The van der Waals surface area contributed by atoms with Crippen LogP contribution in [0.4, 0.5) is 10.1 Å². The van der Waals surface area contributed by atoms with E-state index in [1.807, 2.05) is 6.07 Å². The molecule has 0 atom stereocenters. The van der Waals surface area contributed by atoms with Crippen molar-refractivity contribution in [2.75, 3.05) is 18.0 Å². The third-order valence-electron chi connectivity index (χ3n) is 3.53. The van der Waals surface area contributed by atoms with E-state index in [0.29, 0.717) is 6.42 Å². The fourth-order valence-electron chi connectivity index (χ4n) is 2.49. The highest BCUT2D eigenvalue weighted by Crippen LogP contribution is 2.28. The van der Waals surface area contributed by atoms with E-state index in [9.17, 15) is 9.18 Å². The van der Waals surface area contributed by atoms with Crippen LogP contribution in [0.15, 0.2) is 18.2 Å². The second-order valence-corrected chi connectivity index (χ2v) is 4.89. The lowest BCUT2D eigenvalue weighted by Crippen LogP contribution is -2.29. The quantitative estimate of drug-likeness (QED) is 0.356. The second-order valence-electron chi connectivity index (χ2n) is 4.89. The highest BCUT2D eigenvalue weighted by molar-refractivity contribution is 5.75. The van der Waals surface area contributed by atoms with Crippen LogP contribution in [0.1, 0.15) is 31.2 Å². The molecule has 1 aromatic rings. The van der Waals surface area contributed by atoms with Crippen LogP contribution >= 0.6 is 0 Å². The number of nitrogens with two attached hydrogens (primary N) is 1. The molecule has 0 spiro atoms. The van der Waals surface area contributed by atoms with Crippen LogP contribution < -0.4 is 16.2 Å². The lowest BCUT2D eigenvalue weighted by atomic mass is 10.1. The number of amides is 1. The highest BCUT2D eigenvalue weighted by atomic mass is 19.1. The van der Waals surface area contributed by atoms with Crippen molar-refractivity contribution in [3.8, 4) is 0 Å². The Morgan fingerprint density at radius 2 is 2.21 bits per heavy atom. The van der Waals surface area contributed by atoms with Gasteiger partial charge in [0.1, 0.15) is 5.82 Å². The lowest BCUT2D eigenvalue weighted by Gasteiger charge is -2.19. The number of hydrogen-bond acceptors (Lipinski definition) is 3. The van der Waals surface area contributed by atoms with E-state index in [1.54, 1.807) is 6.07 Å². The Balaban J connectivity index is 1.74. The Kier molecular flexibility index (Phi) is 4.74. The van der Waals surface area contributed by atoms with Crippen molar-refractivity contribution in [1.29, 1.82) is 0 Å². The van der Waals surface area contributed by atoms with Crippen molar-refractivity contribution in [2.45, 2.75) is 32.1 Å². The van der Waals surface area contributed by atoms with Crippen LogP contribution in [0, 0.1) is 5.82 Å². The number of hydrazine groups is 1. The molecule has 104 valence electrons. The standard InChI is InChI=1S/C14H20FN3O/c15-12-6-5-11-7-9-18(13(11)10-12)8-3-1-2-4-14(19)17-16/h5-6,10H,1-4,7-9,16H2,(H,17,19). The third-order valence-corrected chi connectivity index (χ3v) is 3.53. The van der Waals surface area contributed by atoms with E-state index >= 15 is 0 Å². The van der Waals surface area contributed by atoms with Gasteiger partial charge in [-0.25, -0.2) is 10.2 Å². The van der Waals surface area contributed by atoms with Gasteiger partial charge < -0.3 is 4.90 Å². The number of anilines is 1. The van der Waals surface area contributed by atoms with E-state index in [2.05, 4.69) is 10.3 Å². The van der Waals surface area contributed by atoms with Gasteiger partial charge in [-0.05, 0) is 37.0 Å². The minimum absolute atomic E-state index is 0.117. The maximum atomic E-state index is 13.2. The summed E-state index contributed by atoms with van der Waals surface area (Å²) < 4.78 is 13.2. The molecule has 1 heterocycles. The SMILES string of the molecule is NNC(=O)CCCCCN1CCc2ccc(F)cc21. The van der Waals surface area contributed by atoms with Gasteiger partial charge in [-0.15, -0.1) is 0 Å². The van der Waals surface area contributed by atoms with Gasteiger partial charge in [0, 0.05) is 25.2 Å². The predicted octanol–water partition coefficient (Wildman–Crippen LogP) is 1.74. The maximum Gasteiger partial charge on any atom is 0.233 e. The number of hydrogen-bond donors (Lipinski definition) is 2. The summed E-state index contributed by atoms with van der Waals surface area (Å²) in [6.45, 7) is 1.88. The van der Waals surface area contributed by atoms with Crippen LogP contribution in [0.2, 0.25) is 0 Å².